The average molecular weight is 315 g/mol. The number of nitrogens with one attached hydrogen (secondary N) is 1. The van der Waals surface area contributed by atoms with Gasteiger partial charge in [-0.15, -0.1) is 0 Å². The van der Waals surface area contributed by atoms with Crippen LogP contribution in [0.15, 0.2) is 47.5 Å². The van der Waals surface area contributed by atoms with E-state index < -0.39 is 0 Å². The maximum Gasteiger partial charge on any atom is 0.193 e. The first-order valence-corrected chi connectivity index (χ1v) is 7.08. The highest BCUT2D eigenvalue weighted by Crippen LogP contribution is 2.29. The van der Waals surface area contributed by atoms with Crippen LogP contribution in [0, 0.1) is 0 Å². The fourth-order valence-electron chi connectivity index (χ4n) is 2.11. The van der Waals surface area contributed by atoms with Gasteiger partial charge in [0, 0.05) is 17.3 Å². The van der Waals surface area contributed by atoms with Crippen LogP contribution in [0.3, 0.4) is 0 Å². The number of ether oxygens (including phenoxy) is 3. The first-order valence-electron chi connectivity index (χ1n) is 7.08. The lowest BCUT2D eigenvalue weighted by molar-refractivity contribution is 0.355. The van der Waals surface area contributed by atoms with Crippen LogP contribution in [-0.4, -0.2) is 27.3 Å². The SMILES string of the molecule is COc1ccccc1CN=C(N)Nc1ccc(OC)c(OC)c1. The Balaban J connectivity index is 2.08. The van der Waals surface area contributed by atoms with E-state index in [0.717, 1.165) is 17.0 Å². The monoisotopic (exact) mass is 315 g/mol. The third-order valence-corrected chi connectivity index (χ3v) is 3.27. The fraction of sp³-hybridized carbons (Fsp3) is 0.235. The molecule has 0 saturated heterocycles. The summed E-state index contributed by atoms with van der Waals surface area (Å²) in [5.41, 5.74) is 7.67. The van der Waals surface area contributed by atoms with Crippen molar-refractivity contribution in [2.45, 2.75) is 6.54 Å². The second-order valence-corrected chi connectivity index (χ2v) is 4.71. The van der Waals surface area contributed by atoms with Crippen LogP contribution >= 0.6 is 0 Å². The minimum atomic E-state index is 0.308. The number of anilines is 1. The number of aliphatic imine (C=N–C) groups is 1. The lowest BCUT2D eigenvalue weighted by atomic mass is 10.2. The van der Waals surface area contributed by atoms with Crippen LogP contribution in [0.25, 0.3) is 0 Å². The van der Waals surface area contributed by atoms with E-state index >= 15 is 0 Å². The summed E-state index contributed by atoms with van der Waals surface area (Å²) in [5, 5.41) is 3.03. The van der Waals surface area contributed by atoms with Crippen LogP contribution in [-0.2, 0) is 6.54 Å². The van der Waals surface area contributed by atoms with Gasteiger partial charge in [-0.1, -0.05) is 18.2 Å². The normalized spacial score (nSPS) is 11.0. The average Bonchev–Trinajstić information content (AvgIpc) is 2.60. The molecule has 0 aliphatic carbocycles. The van der Waals surface area contributed by atoms with Crippen LogP contribution < -0.4 is 25.3 Å². The zero-order valence-electron chi connectivity index (χ0n) is 13.5. The number of methoxy groups -OCH3 is 3. The standard InChI is InChI=1S/C17H21N3O3/c1-21-14-7-5-4-6-12(14)11-19-17(18)20-13-8-9-15(22-2)16(10-13)23-3/h4-10H,11H2,1-3H3,(H3,18,19,20). The van der Waals surface area contributed by atoms with E-state index in [1.165, 1.54) is 0 Å². The molecule has 23 heavy (non-hydrogen) atoms. The Morgan fingerprint density at radius 2 is 1.65 bits per heavy atom. The van der Waals surface area contributed by atoms with Crippen molar-refractivity contribution < 1.29 is 14.2 Å². The highest BCUT2D eigenvalue weighted by Gasteiger charge is 2.05. The maximum atomic E-state index is 5.93. The van der Waals surface area contributed by atoms with Gasteiger partial charge in [0.15, 0.2) is 17.5 Å². The number of nitrogens with zero attached hydrogens (tertiary/aromatic N) is 1. The molecular formula is C17H21N3O3. The molecule has 3 N–H and O–H groups in total. The molecule has 0 aromatic heterocycles. The van der Waals surface area contributed by atoms with Gasteiger partial charge in [-0.2, -0.15) is 0 Å². The lowest BCUT2D eigenvalue weighted by Crippen LogP contribution is -2.22. The van der Waals surface area contributed by atoms with Gasteiger partial charge in [0.05, 0.1) is 27.9 Å². The molecule has 2 aromatic carbocycles. The number of rotatable bonds is 6. The molecule has 0 spiro atoms. The van der Waals surface area contributed by atoms with Crippen LogP contribution in [0.4, 0.5) is 5.69 Å². The highest BCUT2D eigenvalue weighted by molar-refractivity contribution is 5.92. The summed E-state index contributed by atoms with van der Waals surface area (Å²) in [6.45, 7) is 0.427. The van der Waals surface area contributed by atoms with E-state index in [1.54, 1.807) is 33.5 Å². The molecule has 0 aliphatic rings. The molecule has 0 saturated carbocycles. The minimum absolute atomic E-state index is 0.308. The summed E-state index contributed by atoms with van der Waals surface area (Å²) in [6, 6.07) is 13.1. The number of nitrogens with two attached hydrogens (primary N) is 1. The Bertz CT molecular complexity index is 687. The Labute approximate surface area is 135 Å². The molecule has 0 atom stereocenters. The van der Waals surface area contributed by atoms with Crippen molar-refractivity contribution in [3.8, 4) is 17.2 Å². The van der Waals surface area contributed by atoms with E-state index in [-0.39, 0.29) is 0 Å². The molecule has 6 heteroatoms. The summed E-state index contributed by atoms with van der Waals surface area (Å²) in [5.74, 6) is 2.37. The van der Waals surface area contributed by atoms with Gasteiger partial charge in [0.2, 0.25) is 0 Å². The third-order valence-electron chi connectivity index (χ3n) is 3.27. The second-order valence-electron chi connectivity index (χ2n) is 4.71. The number of hydrogen-bond donors (Lipinski definition) is 2. The summed E-state index contributed by atoms with van der Waals surface area (Å²) in [7, 11) is 4.81. The van der Waals surface area contributed by atoms with Crippen molar-refractivity contribution in [2.75, 3.05) is 26.6 Å². The molecule has 0 heterocycles. The first kappa shape index (κ1) is 16.5. The third kappa shape index (κ3) is 4.29. The van der Waals surface area contributed by atoms with Gasteiger partial charge >= 0.3 is 0 Å². The molecule has 0 bridgehead atoms. The summed E-state index contributed by atoms with van der Waals surface area (Å²) >= 11 is 0. The summed E-state index contributed by atoms with van der Waals surface area (Å²) in [6.07, 6.45) is 0. The van der Waals surface area contributed by atoms with Crippen molar-refractivity contribution in [3.63, 3.8) is 0 Å². The summed E-state index contributed by atoms with van der Waals surface area (Å²) in [4.78, 5) is 4.33. The van der Waals surface area contributed by atoms with E-state index in [0.29, 0.717) is 24.0 Å². The zero-order chi connectivity index (χ0) is 16.7. The van der Waals surface area contributed by atoms with E-state index in [4.69, 9.17) is 19.9 Å². The largest absolute Gasteiger partial charge is 0.496 e. The fourth-order valence-corrected chi connectivity index (χ4v) is 2.11. The zero-order valence-corrected chi connectivity index (χ0v) is 13.5. The first-order chi connectivity index (χ1) is 11.2. The molecule has 0 radical (unpaired) electrons. The number of guanidine groups is 1. The lowest BCUT2D eigenvalue weighted by Gasteiger charge is -2.11. The van der Waals surface area contributed by atoms with Gasteiger partial charge < -0.3 is 25.3 Å². The van der Waals surface area contributed by atoms with Crippen molar-refractivity contribution in [3.05, 3.63) is 48.0 Å². The van der Waals surface area contributed by atoms with Crippen LogP contribution in [0.2, 0.25) is 0 Å². The molecule has 0 amide bonds. The molecule has 0 aliphatic heterocycles. The molecule has 0 fully saturated rings. The van der Waals surface area contributed by atoms with Crippen molar-refractivity contribution in [1.82, 2.24) is 0 Å². The van der Waals surface area contributed by atoms with E-state index in [1.807, 2.05) is 30.3 Å². The Hall–Kier alpha value is -2.89. The predicted octanol–water partition coefficient (Wildman–Crippen LogP) is 2.64. The van der Waals surface area contributed by atoms with Crippen LogP contribution in [0.5, 0.6) is 17.2 Å². The molecule has 122 valence electrons. The van der Waals surface area contributed by atoms with Gasteiger partial charge in [0.1, 0.15) is 5.75 Å². The van der Waals surface area contributed by atoms with Crippen molar-refractivity contribution in [1.29, 1.82) is 0 Å². The predicted molar refractivity (Wildman–Crippen MR) is 91.5 cm³/mol. The number of benzene rings is 2. The van der Waals surface area contributed by atoms with Gasteiger partial charge in [-0.05, 0) is 18.2 Å². The summed E-state index contributed by atoms with van der Waals surface area (Å²) < 4.78 is 15.7. The van der Waals surface area contributed by atoms with E-state index in [9.17, 15) is 0 Å². The van der Waals surface area contributed by atoms with Crippen molar-refractivity contribution >= 4 is 11.6 Å². The van der Waals surface area contributed by atoms with Gasteiger partial charge in [0.25, 0.3) is 0 Å². The maximum absolute atomic E-state index is 5.93. The van der Waals surface area contributed by atoms with Gasteiger partial charge in [-0.3, -0.25) is 0 Å². The van der Waals surface area contributed by atoms with Crippen molar-refractivity contribution in [2.24, 2.45) is 10.7 Å². The molecule has 6 nitrogen and oxygen atoms in total. The topological polar surface area (TPSA) is 78.1 Å². The quantitative estimate of drug-likeness (QED) is 0.633. The number of para-hydroxylation sites is 1. The molecule has 2 rings (SSSR count). The van der Waals surface area contributed by atoms with Crippen LogP contribution in [0.1, 0.15) is 5.56 Å². The Kier molecular flexibility index (Phi) is 5.68. The van der Waals surface area contributed by atoms with Gasteiger partial charge in [-0.25, -0.2) is 4.99 Å². The molecule has 2 aromatic rings. The van der Waals surface area contributed by atoms with E-state index in [2.05, 4.69) is 10.3 Å². The molecule has 0 unspecified atom stereocenters. The minimum Gasteiger partial charge on any atom is -0.496 e. The molecular weight excluding hydrogens is 294 g/mol. The second kappa shape index (κ2) is 7.93. The smallest absolute Gasteiger partial charge is 0.193 e. The Morgan fingerprint density at radius 1 is 0.957 bits per heavy atom. The number of hydrogen-bond acceptors (Lipinski definition) is 4. The highest BCUT2D eigenvalue weighted by atomic mass is 16.5. The Morgan fingerprint density at radius 3 is 2.35 bits per heavy atom.